The zero-order valence-electron chi connectivity index (χ0n) is 26.0. The number of anilines is 3. The molecule has 2 aromatic carbocycles. The van der Waals surface area contributed by atoms with Gasteiger partial charge in [0.25, 0.3) is 0 Å². The maximum absolute atomic E-state index is 13.7. The Hall–Kier alpha value is -3.51. The Labute approximate surface area is 263 Å². The largest absolute Gasteiger partial charge is 0.489 e. The highest BCUT2D eigenvalue weighted by Gasteiger charge is 2.16. The minimum atomic E-state index is -0.983. The summed E-state index contributed by atoms with van der Waals surface area (Å²) in [4.78, 5) is 22.6. The molecule has 0 radical (unpaired) electrons. The van der Waals surface area contributed by atoms with Crippen LogP contribution in [0.5, 0.6) is 5.75 Å². The van der Waals surface area contributed by atoms with Gasteiger partial charge in [-0.05, 0) is 78.0 Å². The Morgan fingerprint density at radius 2 is 1.91 bits per heavy atom. The number of nitrogens with zero attached hydrogens (tertiary/aromatic N) is 3. The lowest BCUT2D eigenvalue weighted by Crippen LogP contribution is -2.23. The monoisotopic (exact) mass is 631 g/mol. The van der Waals surface area contributed by atoms with Crippen molar-refractivity contribution in [2.45, 2.75) is 58.3 Å². The molecular formula is C32H43ClFN5O5. The summed E-state index contributed by atoms with van der Waals surface area (Å²) in [5.74, 6) is 0.252. The van der Waals surface area contributed by atoms with E-state index in [1.165, 1.54) is 18.5 Å². The second kappa shape index (κ2) is 17.1. The number of benzene rings is 2. The van der Waals surface area contributed by atoms with Crippen LogP contribution in [-0.4, -0.2) is 78.2 Å². The molecule has 0 amide bonds. The number of hydrogen-bond acceptors (Lipinski definition) is 10. The van der Waals surface area contributed by atoms with Crippen molar-refractivity contribution in [3.8, 4) is 5.75 Å². The Bertz CT molecular complexity index is 1400. The average Bonchev–Trinajstić information content (AvgIpc) is 2.93. The van der Waals surface area contributed by atoms with E-state index in [1.807, 2.05) is 45.8 Å². The van der Waals surface area contributed by atoms with Crippen molar-refractivity contribution in [3.63, 3.8) is 0 Å². The number of likely N-dealkylation sites (N-methyl/N-ethyl adjacent to an activating group) is 1. The first-order valence-corrected chi connectivity index (χ1v) is 15.0. The third-order valence-corrected chi connectivity index (χ3v) is 6.38. The van der Waals surface area contributed by atoms with Gasteiger partial charge in [0.15, 0.2) is 0 Å². The highest BCUT2D eigenvalue weighted by molar-refractivity contribution is 6.31. The smallest absolute Gasteiger partial charge is 0.306 e. The van der Waals surface area contributed by atoms with Gasteiger partial charge in [0.05, 0.1) is 22.8 Å². The van der Waals surface area contributed by atoms with Gasteiger partial charge < -0.3 is 34.9 Å². The van der Waals surface area contributed by atoms with E-state index in [1.54, 1.807) is 24.3 Å². The lowest BCUT2D eigenvalue weighted by Gasteiger charge is -2.19. The van der Waals surface area contributed by atoms with Gasteiger partial charge in [-0.3, -0.25) is 4.79 Å². The van der Waals surface area contributed by atoms with Gasteiger partial charge in [0.1, 0.15) is 42.1 Å². The number of aromatic nitrogens is 2. The Balaban J connectivity index is 1.63. The van der Waals surface area contributed by atoms with E-state index in [0.717, 1.165) is 19.3 Å². The molecule has 44 heavy (non-hydrogen) atoms. The number of carbonyl (C=O) groups excluding carboxylic acids is 1. The van der Waals surface area contributed by atoms with E-state index in [9.17, 15) is 14.3 Å². The third kappa shape index (κ3) is 12.2. The molecule has 1 unspecified atom stereocenters. The number of ether oxygens (including phenoxy) is 3. The van der Waals surface area contributed by atoms with Crippen LogP contribution >= 0.6 is 11.6 Å². The van der Waals surface area contributed by atoms with Crippen LogP contribution in [0.3, 0.4) is 0 Å². The molecular weight excluding hydrogens is 589 g/mol. The SMILES string of the molecule is CN(C)C/C=C/C(O)Nc1cc2c(Nc3ccc(F)c(Cl)c3)ncnc2cc1OCCOCCCCCC(=O)OC(C)(C)C. The van der Waals surface area contributed by atoms with Crippen molar-refractivity contribution in [1.82, 2.24) is 14.9 Å². The highest BCUT2D eigenvalue weighted by atomic mass is 35.5. The third-order valence-electron chi connectivity index (χ3n) is 6.09. The molecule has 0 aliphatic rings. The molecule has 3 rings (SSSR count). The number of esters is 1. The van der Waals surface area contributed by atoms with Crippen molar-refractivity contribution < 1.29 is 28.5 Å². The molecule has 0 fully saturated rings. The molecule has 0 bridgehead atoms. The maximum atomic E-state index is 13.7. The molecule has 0 spiro atoms. The number of aliphatic hydroxyl groups excluding tert-OH is 1. The van der Waals surface area contributed by atoms with E-state index < -0.39 is 17.6 Å². The summed E-state index contributed by atoms with van der Waals surface area (Å²) in [6.07, 6.45) is 6.77. The normalized spacial score (nSPS) is 12.6. The van der Waals surface area contributed by atoms with Crippen molar-refractivity contribution >= 4 is 45.7 Å². The van der Waals surface area contributed by atoms with Gasteiger partial charge in [-0.15, -0.1) is 0 Å². The molecule has 0 aliphatic heterocycles. The van der Waals surface area contributed by atoms with Gasteiger partial charge in [-0.25, -0.2) is 14.4 Å². The Kier molecular flexibility index (Phi) is 13.6. The minimum absolute atomic E-state index is 0.0120. The van der Waals surface area contributed by atoms with E-state index in [2.05, 4.69) is 20.6 Å². The molecule has 3 aromatic rings. The molecule has 0 saturated carbocycles. The molecule has 1 atom stereocenters. The summed E-state index contributed by atoms with van der Waals surface area (Å²) in [5, 5.41) is 17.5. The number of halogens is 2. The Morgan fingerprint density at radius 1 is 1.11 bits per heavy atom. The fourth-order valence-corrected chi connectivity index (χ4v) is 4.27. The second-order valence-electron chi connectivity index (χ2n) is 11.5. The van der Waals surface area contributed by atoms with Gasteiger partial charge in [-0.2, -0.15) is 0 Å². The van der Waals surface area contributed by atoms with Crippen LogP contribution in [0.25, 0.3) is 10.9 Å². The first-order chi connectivity index (χ1) is 20.9. The number of aliphatic hydroxyl groups is 1. The number of rotatable bonds is 17. The fraction of sp³-hybridized carbons (Fsp3) is 0.469. The van der Waals surface area contributed by atoms with E-state index in [0.29, 0.717) is 60.0 Å². The summed E-state index contributed by atoms with van der Waals surface area (Å²) < 4.78 is 30.8. The molecule has 0 saturated heterocycles. The first kappa shape index (κ1) is 35.0. The van der Waals surface area contributed by atoms with Crippen LogP contribution in [0.4, 0.5) is 21.6 Å². The van der Waals surface area contributed by atoms with Crippen molar-refractivity contribution in [3.05, 3.63) is 59.7 Å². The number of carbonyl (C=O) groups is 1. The van der Waals surface area contributed by atoms with E-state index in [-0.39, 0.29) is 17.6 Å². The lowest BCUT2D eigenvalue weighted by atomic mass is 10.1. The number of fused-ring (bicyclic) bond motifs is 1. The van der Waals surface area contributed by atoms with E-state index in [4.69, 9.17) is 25.8 Å². The zero-order chi connectivity index (χ0) is 32.1. The summed E-state index contributed by atoms with van der Waals surface area (Å²) in [6.45, 7) is 7.42. The summed E-state index contributed by atoms with van der Waals surface area (Å²) in [5.41, 5.74) is 1.21. The Morgan fingerprint density at radius 3 is 2.64 bits per heavy atom. The lowest BCUT2D eigenvalue weighted by molar-refractivity contribution is -0.154. The van der Waals surface area contributed by atoms with Gasteiger partial charge in [0.2, 0.25) is 0 Å². The van der Waals surface area contributed by atoms with Gasteiger partial charge in [0, 0.05) is 36.7 Å². The molecule has 12 heteroatoms. The van der Waals surface area contributed by atoms with E-state index >= 15 is 0 Å². The summed E-state index contributed by atoms with van der Waals surface area (Å²) >= 11 is 5.96. The quantitative estimate of drug-likeness (QED) is 0.0677. The number of nitrogens with one attached hydrogen (secondary N) is 2. The van der Waals surface area contributed by atoms with Crippen LogP contribution in [0.2, 0.25) is 5.02 Å². The summed E-state index contributed by atoms with van der Waals surface area (Å²) in [7, 11) is 3.88. The standard InChI is InChI=1S/C32H43ClFN5O5/c1-32(2,3)44-30(41)11-7-6-8-15-42-16-17-43-28-20-26-23(19-27(28)38-29(40)10-9-14-39(4)5)31(36-21-35-26)37-22-12-13-25(34)24(33)18-22/h9-10,12-13,18-21,29,38,40H,6-8,11,14-17H2,1-5H3,(H,35,36,37)/b10-9+. The first-order valence-electron chi connectivity index (χ1n) is 14.6. The maximum Gasteiger partial charge on any atom is 0.306 e. The molecule has 3 N–H and O–H groups in total. The van der Waals surface area contributed by atoms with Crippen LogP contribution in [0.15, 0.2) is 48.8 Å². The predicted octanol–water partition coefficient (Wildman–Crippen LogP) is 6.31. The second-order valence-corrected chi connectivity index (χ2v) is 11.9. The topological polar surface area (TPSA) is 118 Å². The average molecular weight is 632 g/mol. The highest BCUT2D eigenvalue weighted by Crippen LogP contribution is 2.34. The summed E-state index contributed by atoms with van der Waals surface area (Å²) in [6, 6.07) is 7.85. The molecule has 10 nitrogen and oxygen atoms in total. The zero-order valence-corrected chi connectivity index (χ0v) is 26.8. The molecule has 1 heterocycles. The van der Waals surface area contributed by atoms with Gasteiger partial charge >= 0.3 is 5.97 Å². The molecule has 240 valence electrons. The predicted molar refractivity (Wildman–Crippen MR) is 172 cm³/mol. The van der Waals surface area contributed by atoms with Crippen molar-refractivity contribution in [1.29, 1.82) is 0 Å². The van der Waals surface area contributed by atoms with Gasteiger partial charge in [-0.1, -0.05) is 24.1 Å². The fourth-order valence-electron chi connectivity index (χ4n) is 4.09. The number of unbranched alkanes of at least 4 members (excludes halogenated alkanes) is 2. The number of hydrogen-bond donors (Lipinski definition) is 3. The van der Waals surface area contributed by atoms with Crippen LogP contribution < -0.4 is 15.4 Å². The van der Waals surface area contributed by atoms with Crippen molar-refractivity contribution in [2.24, 2.45) is 0 Å². The molecule has 1 aromatic heterocycles. The minimum Gasteiger partial charge on any atom is -0.489 e. The molecule has 0 aliphatic carbocycles. The van der Waals surface area contributed by atoms with Crippen LogP contribution in [-0.2, 0) is 14.3 Å². The van der Waals surface area contributed by atoms with Crippen molar-refractivity contribution in [2.75, 3.05) is 51.1 Å². The van der Waals surface area contributed by atoms with Crippen LogP contribution in [0, 0.1) is 5.82 Å². The van der Waals surface area contributed by atoms with Crippen LogP contribution in [0.1, 0.15) is 46.5 Å².